The molecule has 0 spiro atoms. The molecule has 0 unspecified atom stereocenters. The number of aromatic nitrogens is 3. The lowest BCUT2D eigenvalue weighted by Gasteiger charge is -2.18. The number of para-hydroxylation sites is 1. The lowest BCUT2D eigenvalue weighted by Crippen LogP contribution is -2.35. The van der Waals surface area contributed by atoms with Crippen LogP contribution in [0.3, 0.4) is 0 Å². The van der Waals surface area contributed by atoms with E-state index in [-0.39, 0.29) is 5.91 Å². The number of hydrogen-bond donors (Lipinski definition) is 1. The second-order valence-corrected chi connectivity index (χ2v) is 10.1. The van der Waals surface area contributed by atoms with Gasteiger partial charge in [0.1, 0.15) is 5.75 Å². The highest BCUT2D eigenvalue weighted by Gasteiger charge is 2.21. The van der Waals surface area contributed by atoms with Gasteiger partial charge in [-0.15, -0.1) is 10.2 Å². The van der Waals surface area contributed by atoms with Gasteiger partial charge < -0.3 is 10.1 Å². The molecule has 1 aliphatic carbocycles. The molecule has 180 valence electrons. The van der Waals surface area contributed by atoms with E-state index in [4.69, 9.17) is 4.74 Å². The average molecular weight is 479 g/mol. The highest BCUT2D eigenvalue weighted by atomic mass is 32.2. The predicted molar refractivity (Wildman–Crippen MR) is 138 cm³/mol. The average Bonchev–Trinajstić information content (AvgIpc) is 3.11. The molecule has 0 aliphatic heterocycles. The Hall–Kier alpha value is -2.80. The van der Waals surface area contributed by atoms with Gasteiger partial charge in [-0.3, -0.25) is 9.36 Å². The van der Waals surface area contributed by atoms with Gasteiger partial charge in [-0.05, 0) is 54.7 Å². The molecule has 0 bridgehead atoms. The van der Waals surface area contributed by atoms with Crippen molar-refractivity contribution in [3.63, 3.8) is 0 Å². The molecular weight excluding hydrogens is 444 g/mol. The molecule has 0 radical (unpaired) electrons. The van der Waals surface area contributed by atoms with Gasteiger partial charge >= 0.3 is 0 Å². The SMILES string of the molecule is COc1ccc(-c2nnc(SCC(=O)NC3CCCCCC3)n2-c2ccccc2C(C)C)cc1. The van der Waals surface area contributed by atoms with Gasteiger partial charge in [0.2, 0.25) is 5.91 Å². The fraction of sp³-hybridized carbons (Fsp3) is 0.444. The topological polar surface area (TPSA) is 69.0 Å². The molecule has 1 fully saturated rings. The number of rotatable bonds is 8. The van der Waals surface area contributed by atoms with Gasteiger partial charge in [-0.1, -0.05) is 69.5 Å². The van der Waals surface area contributed by atoms with Gasteiger partial charge in [0, 0.05) is 11.6 Å². The van der Waals surface area contributed by atoms with E-state index in [0.717, 1.165) is 40.8 Å². The molecule has 1 aliphatic rings. The van der Waals surface area contributed by atoms with E-state index in [2.05, 4.69) is 52.1 Å². The van der Waals surface area contributed by atoms with Crippen molar-refractivity contribution in [3.05, 3.63) is 54.1 Å². The maximum Gasteiger partial charge on any atom is 0.230 e. The molecule has 1 aromatic heterocycles. The molecule has 0 atom stereocenters. The Bertz CT molecular complexity index is 1090. The molecule has 2 aromatic carbocycles. The van der Waals surface area contributed by atoms with Crippen LogP contribution in [0.5, 0.6) is 5.75 Å². The molecule has 0 saturated heterocycles. The Morgan fingerprint density at radius 2 is 1.76 bits per heavy atom. The van der Waals surface area contributed by atoms with Crippen molar-refractivity contribution in [1.82, 2.24) is 20.1 Å². The van der Waals surface area contributed by atoms with Gasteiger partial charge in [-0.2, -0.15) is 0 Å². The highest BCUT2D eigenvalue weighted by molar-refractivity contribution is 7.99. The van der Waals surface area contributed by atoms with Crippen LogP contribution in [0.25, 0.3) is 17.1 Å². The van der Waals surface area contributed by atoms with Crippen LogP contribution in [-0.4, -0.2) is 39.6 Å². The summed E-state index contributed by atoms with van der Waals surface area (Å²) in [5, 5.41) is 13.0. The van der Waals surface area contributed by atoms with Crippen molar-refractivity contribution in [2.24, 2.45) is 0 Å². The number of carbonyl (C=O) groups is 1. The zero-order valence-corrected chi connectivity index (χ0v) is 21.1. The van der Waals surface area contributed by atoms with Crippen LogP contribution in [0.15, 0.2) is 53.7 Å². The maximum atomic E-state index is 12.8. The van der Waals surface area contributed by atoms with Gasteiger partial charge in [0.05, 0.1) is 18.6 Å². The number of methoxy groups -OCH3 is 1. The van der Waals surface area contributed by atoms with Crippen molar-refractivity contribution in [2.75, 3.05) is 12.9 Å². The number of nitrogens with one attached hydrogen (secondary N) is 1. The van der Waals surface area contributed by atoms with Crippen LogP contribution in [-0.2, 0) is 4.79 Å². The molecule has 3 aromatic rings. The number of thioether (sulfide) groups is 1. The summed E-state index contributed by atoms with van der Waals surface area (Å²) >= 11 is 1.44. The fourth-order valence-electron chi connectivity index (χ4n) is 4.51. The normalized spacial score (nSPS) is 14.7. The summed E-state index contributed by atoms with van der Waals surface area (Å²) in [5.74, 6) is 2.26. The highest BCUT2D eigenvalue weighted by Crippen LogP contribution is 2.32. The fourth-order valence-corrected chi connectivity index (χ4v) is 5.27. The lowest BCUT2D eigenvalue weighted by molar-refractivity contribution is -0.119. The molecular formula is C27H34N4O2S. The second kappa shape index (κ2) is 11.6. The number of nitrogens with zero attached hydrogens (tertiary/aromatic N) is 3. The van der Waals surface area contributed by atoms with E-state index in [1.54, 1.807) is 7.11 Å². The Balaban J connectivity index is 1.62. The van der Waals surface area contributed by atoms with Crippen LogP contribution in [0, 0.1) is 0 Å². The first-order valence-electron chi connectivity index (χ1n) is 12.2. The van der Waals surface area contributed by atoms with Gasteiger partial charge in [-0.25, -0.2) is 0 Å². The Morgan fingerprint density at radius 3 is 2.44 bits per heavy atom. The Kier molecular flexibility index (Phi) is 8.27. The van der Waals surface area contributed by atoms with E-state index in [1.807, 2.05) is 30.3 Å². The lowest BCUT2D eigenvalue weighted by atomic mass is 10.0. The van der Waals surface area contributed by atoms with Crippen molar-refractivity contribution in [2.45, 2.75) is 69.5 Å². The number of ether oxygens (including phenoxy) is 1. The minimum Gasteiger partial charge on any atom is -0.497 e. The third-order valence-electron chi connectivity index (χ3n) is 6.33. The first kappa shape index (κ1) is 24.3. The van der Waals surface area contributed by atoms with Crippen molar-refractivity contribution < 1.29 is 9.53 Å². The van der Waals surface area contributed by atoms with Crippen molar-refractivity contribution in [3.8, 4) is 22.8 Å². The zero-order chi connectivity index (χ0) is 23.9. The van der Waals surface area contributed by atoms with Crippen LogP contribution in [0.1, 0.15) is 63.9 Å². The summed E-state index contributed by atoms with van der Waals surface area (Å²) in [4.78, 5) is 12.8. The minimum absolute atomic E-state index is 0.0644. The summed E-state index contributed by atoms with van der Waals surface area (Å²) in [6, 6.07) is 16.5. The quantitative estimate of drug-likeness (QED) is 0.318. The standard InChI is InChI=1S/C27H34N4O2S/c1-19(2)23-12-8-9-13-24(23)31-26(20-14-16-22(33-3)17-15-20)29-30-27(31)34-18-25(32)28-21-10-6-4-5-7-11-21/h8-9,12-17,19,21H,4-7,10-11,18H2,1-3H3,(H,28,32). The van der Waals surface area contributed by atoms with Crippen LogP contribution < -0.4 is 10.1 Å². The summed E-state index contributed by atoms with van der Waals surface area (Å²) in [6.45, 7) is 4.37. The van der Waals surface area contributed by atoms with E-state index >= 15 is 0 Å². The summed E-state index contributed by atoms with van der Waals surface area (Å²) in [6.07, 6.45) is 7.10. The van der Waals surface area contributed by atoms with Gasteiger partial charge in [0.15, 0.2) is 11.0 Å². The van der Waals surface area contributed by atoms with Crippen molar-refractivity contribution >= 4 is 17.7 Å². The van der Waals surface area contributed by atoms with Crippen molar-refractivity contribution in [1.29, 1.82) is 0 Å². The number of benzene rings is 2. The predicted octanol–water partition coefficient (Wildman–Crippen LogP) is 6.00. The third-order valence-corrected chi connectivity index (χ3v) is 7.26. The molecule has 4 rings (SSSR count). The minimum atomic E-state index is 0.0644. The Morgan fingerprint density at radius 1 is 1.06 bits per heavy atom. The molecule has 34 heavy (non-hydrogen) atoms. The van der Waals surface area contributed by atoms with Gasteiger partial charge in [0.25, 0.3) is 0 Å². The smallest absolute Gasteiger partial charge is 0.230 e. The van der Waals surface area contributed by atoms with E-state index in [0.29, 0.717) is 17.7 Å². The summed E-state index contributed by atoms with van der Waals surface area (Å²) < 4.78 is 7.40. The number of hydrogen-bond acceptors (Lipinski definition) is 5. The molecule has 1 heterocycles. The molecule has 1 saturated carbocycles. The molecule has 1 N–H and O–H groups in total. The van der Waals surface area contributed by atoms with E-state index in [9.17, 15) is 4.79 Å². The summed E-state index contributed by atoms with van der Waals surface area (Å²) in [5.41, 5.74) is 3.20. The first-order valence-corrected chi connectivity index (χ1v) is 13.2. The van der Waals surface area contributed by atoms with E-state index in [1.165, 1.54) is 43.0 Å². The molecule has 6 nitrogen and oxygen atoms in total. The van der Waals surface area contributed by atoms with Crippen LogP contribution >= 0.6 is 11.8 Å². The largest absolute Gasteiger partial charge is 0.497 e. The first-order chi connectivity index (χ1) is 16.6. The second-order valence-electron chi connectivity index (χ2n) is 9.13. The molecule has 7 heteroatoms. The monoisotopic (exact) mass is 478 g/mol. The maximum absolute atomic E-state index is 12.8. The molecule has 1 amide bonds. The van der Waals surface area contributed by atoms with Crippen LogP contribution in [0.2, 0.25) is 0 Å². The van der Waals surface area contributed by atoms with E-state index < -0.39 is 0 Å². The van der Waals surface area contributed by atoms with Crippen LogP contribution in [0.4, 0.5) is 0 Å². The summed E-state index contributed by atoms with van der Waals surface area (Å²) in [7, 11) is 1.66. The third kappa shape index (κ3) is 5.81. The Labute approximate surface area is 206 Å². The zero-order valence-electron chi connectivity index (χ0n) is 20.3. The number of amides is 1. The number of carbonyl (C=O) groups excluding carboxylic acids is 1.